The molecule has 1 amide bonds. The highest BCUT2D eigenvalue weighted by molar-refractivity contribution is 5.84. The lowest BCUT2D eigenvalue weighted by Crippen LogP contribution is -2.55. The van der Waals surface area contributed by atoms with Crippen LogP contribution in [-0.4, -0.2) is 55.2 Å². The Morgan fingerprint density at radius 2 is 2.11 bits per heavy atom. The number of carbonyl (C=O) groups excluding carboxylic acids is 1. The number of amides is 1. The van der Waals surface area contributed by atoms with Crippen molar-refractivity contribution in [2.75, 3.05) is 26.8 Å². The number of methoxy groups -OCH3 is 1. The molecule has 1 aliphatic carbocycles. The Morgan fingerprint density at radius 1 is 1.47 bits per heavy atom. The topological polar surface area (TPSA) is 67.6 Å². The lowest BCUT2D eigenvalue weighted by molar-refractivity contribution is -0.124. The molecule has 0 heterocycles. The molecule has 1 atom stereocenters. The molecule has 112 valence electrons. The largest absolute Gasteiger partial charge is 0.383 e. The van der Waals surface area contributed by atoms with Gasteiger partial charge in [-0.2, -0.15) is 0 Å². The smallest absolute Gasteiger partial charge is 0.237 e. The van der Waals surface area contributed by atoms with Gasteiger partial charge in [-0.3, -0.25) is 9.69 Å². The number of rotatable bonds is 10. The van der Waals surface area contributed by atoms with Crippen LogP contribution in [0.15, 0.2) is 0 Å². The van der Waals surface area contributed by atoms with Crippen molar-refractivity contribution in [2.45, 2.75) is 57.7 Å². The highest BCUT2D eigenvalue weighted by atomic mass is 16.5. The highest BCUT2D eigenvalue weighted by Crippen LogP contribution is 2.24. The lowest BCUT2D eigenvalue weighted by atomic mass is 9.96. The SMILES string of the molecule is COCCN(CCC(C)(NC1CC1)C(N)=O)C(C)C. The summed E-state index contributed by atoms with van der Waals surface area (Å²) in [6.45, 7) is 8.67. The number of ether oxygens (including phenoxy) is 1. The molecule has 5 nitrogen and oxygen atoms in total. The quantitative estimate of drug-likeness (QED) is 0.615. The van der Waals surface area contributed by atoms with Gasteiger partial charge in [0.1, 0.15) is 0 Å². The Kier molecular flexibility index (Phi) is 6.23. The standard InChI is InChI=1S/C14H29N3O2/c1-11(2)17(9-10-19-4)8-7-14(3,13(15)18)16-12-5-6-12/h11-12,16H,5-10H2,1-4H3,(H2,15,18). The molecule has 19 heavy (non-hydrogen) atoms. The predicted molar refractivity (Wildman–Crippen MR) is 77.0 cm³/mol. The van der Waals surface area contributed by atoms with Crippen LogP contribution in [0.5, 0.6) is 0 Å². The summed E-state index contributed by atoms with van der Waals surface area (Å²) in [5.41, 5.74) is 4.97. The summed E-state index contributed by atoms with van der Waals surface area (Å²) in [6, 6.07) is 0.914. The minimum atomic E-state index is -0.596. The van der Waals surface area contributed by atoms with E-state index in [-0.39, 0.29) is 5.91 Å². The fourth-order valence-electron chi connectivity index (χ4n) is 2.15. The van der Waals surface area contributed by atoms with E-state index in [0.717, 1.165) is 32.4 Å². The molecule has 1 saturated carbocycles. The average Bonchev–Trinajstić information content (AvgIpc) is 3.12. The Bertz CT molecular complexity index is 292. The first-order valence-corrected chi connectivity index (χ1v) is 7.19. The summed E-state index contributed by atoms with van der Waals surface area (Å²) >= 11 is 0. The molecule has 1 aliphatic rings. The summed E-state index contributed by atoms with van der Waals surface area (Å²) in [5.74, 6) is -0.255. The molecule has 5 heteroatoms. The monoisotopic (exact) mass is 271 g/mol. The van der Waals surface area contributed by atoms with Crippen LogP contribution in [0.4, 0.5) is 0 Å². The minimum absolute atomic E-state index is 0.255. The molecule has 0 bridgehead atoms. The van der Waals surface area contributed by atoms with Crippen LogP contribution in [0, 0.1) is 0 Å². The van der Waals surface area contributed by atoms with Gasteiger partial charge < -0.3 is 15.8 Å². The second-order valence-electron chi connectivity index (χ2n) is 5.99. The van der Waals surface area contributed by atoms with Gasteiger partial charge in [-0.1, -0.05) is 0 Å². The van der Waals surface area contributed by atoms with E-state index in [0.29, 0.717) is 18.7 Å². The van der Waals surface area contributed by atoms with Gasteiger partial charge in [0.2, 0.25) is 5.91 Å². The van der Waals surface area contributed by atoms with Gasteiger partial charge in [0.15, 0.2) is 0 Å². The lowest BCUT2D eigenvalue weighted by Gasteiger charge is -2.33. The molecule has 1 fully saturated rings. The molecule has 0 aromatic rings. The average molecular weight is 271 g/mol. The van der Waals surface area contributed by atoms with Gasteiger partial charge in [-0.15, -0.1) is 0 Å². The van der Waals surface area contributed by atoms with Crippen LogP contribution in [0.2, 0.25) is 0 Å². The van der Waals surface area contributed by atoms with Gasteiger partial charge in [0.05, 0.1) is 12.1 Å². The Morgan fingerprint density at radius 3 is 2.53 bits per heavy atom. The predicted octanol–water partition coefficient (Wildman–Crippen LogP) is 0.729. The second-order valence-corrected chi connectivity index (χ2v) is 5.99. The summed E-state index contributed by atoms with van der Waals surface area (Å²) in [6.07, 6.45) is 3.04. The third-order valence-corrected chi connectivity index (χ3v) is 3.86. The van der Waals surface area contributed by atoms with E-state index >= 15 is 0 Å². The number of hydrogen-bond acceptors (Lipinski definition) is 4. The van der Waals surface area contributed by atoms with E-state index in [4.69, 9.17) is 10.5 Å². The van der Waals surface area contributed by atoms with Crippen LogP contribution >= 0.6 is 0 Å². The zero-order chi connectivity index (χ0) is 14.5. The van der Waals surface area contributed by atoms with Gasteiger partial charge in [-0.25, -0.2) is 0 Å². The molecule has 0 aliphatic heterocycles. The van der Waals surface area contributed by atoms with E-state index in [1.807, 2.05) is 6.92 Å². The summed E-state index contributed by atoms with van der Waals surface area (Å²) in [4.78, 5) is 14.0. The third-order valence-electron chi connectivity index (χ3n) is 3.86. The van der Waals surface area contributed by atoms with E-state index in [9.17, 15) is 4.79 Å². The number of nitrogens with zero attached hydrogens (tertiary/aromatic N) is 1. The first kappa shape index (κ1) is 16.4. The second kappa shape index (κ2) is 7.22. The van der Waals surface area contributed by atoms with E-state index in [2.05, 4.69) is 24.1 Å². The van der Waals surface area contributed by atoms with Crippen LogP contribution < -0.4 is 11.1 Å². The number of primary amides is 1. The van der Waals surface area contributed by atoms with Gasteiger partial charge in [0, 0.05) is 32.3 Å². The van der Waals surface area contributed by atoms with Crippen molar-refractivity contribution in [3.05, 3.63) is 0 Å². The zero-order valence-electron chi connectivity index (χ0n) is 12.7. The summed E-state index contributed by atoms with van der Waals surface area (Å²) in [7, 11) is 1.71. The fraction of sp³-hybridized carbons (Fsp3) is 0.929. The molecular weight excluding hydrogens is 242 g/mol. The molecule has 1 rings (SSSR count). The maximum atomic E-state index is 11.7. The van der Waals surface area contributed by atoms with Crippen molar-refractivity contribution in [1.29, 1.82) is 0 Å². The minimum Gasteiger partial charge on any atom is -0.383 e. The molecule has 0 radical (unpaired) electrons. The molecule has 0 saturated heterocycles. The van der Waals surface area contributed by atoms with E-state index in [1.165, 1.54) is 0 Å². The number of nitrogens with two attached hydrogens (primary N) is 1. The van der Waals surface area contributed by atoms with E-state index < -0.39 is 5.54 Å². The van der Waals surface area contributed by atoms with Crippen molar-refractivity contribution in [3.63, 3.8) is 0 Å². The van der Waals surface area contributed by atoms with Crippen molar-refractivity contribution in [3.8, 4) is 0 Å². The first-order chi connectivity index (χ1) is 8.89. The highest BCUT2D eigenvalue weighted by Gasteiger charge is 2.37. The van der Waals surface area contributed by atoms with Gasteiger partial charge in [-0.05, 0) is 40.0 Å². The van der Waals surface area contributed by atoms with Crippen molar-refractivity contribution in [2.24, 2.45) is 5.73 Å². The normalized spacial score (nSPS) is 18.8. The van der Waals surface area contributed by atoms with Gasteiger partial charge in [0.25, 0.3) is 0 Å². The molecular formula is C14H29N3O2. The molecule has 3 N–H and O–H groups in total. The maximum absolute atomic E-state index is 11.7. The van der Waals surface area contributed by atoms with Crippen molar-refractivity contribution in [1.82, 2.24) is 10.2 Å². The summed E-state index contributed by atoms with van der Waals surface area (Å²) < 4.78 is 5.13. The molecule has 0 spiro atoms. The number of nitrogens with one attached hydrogen (secondary N) is 1. The zero-order valence-corrected chi connectivity index (χ0v) is 12.7. The van der Waals surface area contributed by atoms with Crippen LogP contribution in [-0.2, 0) is 9.53 Å². The summed E-state index contributed by atoms with van der Waals surface area (Å²) in [5, 5.41) is 3.38. The van der Waals surface area contributed by atoms with Crippen LogP contribution in [0.1, 0.15) is 40.0 Å². The maximum Gasteiger partial charge on any atom is 0.237 e. The van der Waals surface area contributed by atoms with Gasteiger partial charge >= 0.3 is 0 Å². The number of hydrogen-bond donors (Lipinski definition) is 2. The third kappa shape index (κ3) is 5.47. The van der Waals surface area contributed by atoms with E-state index in [1.54, 1.807) is 7.11 Å². The Labute approximate surface area is 116 Å². The van der Waals surface area contributed by atoms with Crippen molar-refractivity contribution >= 4 is 5.91 Å². The fourth-order valence-corrected chi connectivity index (χ4v) is 2.15. The molecule has 0 aromatic carbocycles. The first-order valence-electron chi connectivity index (χ1n) is 7.19. The van der Waals surface area contributed by atoms with Crippen molar-refractivity contribution < 1.29 is 9.53 Å². The molecule has 1 unspecified atom stereocenters. The van der Waals surface area contributed by atoms with Crippen LogP contribution in [0.3, 0.4) is 0 Å². The Hall–Kier alpha value is -0.650. The number of carbonyl (C=O) groups is 1. The molecule has 0 aromatic heterocycles. The van der Waals surface area contributed by atoms with Crippen LogP contribution in [0.25, 0.3) is 0 Å². The Balaban J connectivity index is 2.50.